The zero-order chi connectivity index (χ0) is 16.8. The van der Waals surface area contributed by atoms with E-state index in [1.165, 1.54) is 25.7 Å². The molecular formula is C20H22N4O. The van der Waals surface area contributed by atoms with E-state index in [0.29, 0.717) is 18.5 Å². The molecule has 2 bridgehead atoms. The smallest absolute Gasteiger partial charge is 0.240 e. The Balaban J connectivity index is 1.33. The van der Waals surface area contributed by atoms with E-state index in [-0.39, 0.29) is 5.91 Å². The first-order valence-electron chi connectivity index (χ1n) is 9.15. The molecule has 3 heterocycles. The zero-order valence-corrected chi connectivity index (χ0v) is 14.1. The summed E-state index contributed by atoms with van der Waals surface area (Å²) in [5.41, 5.74) is 2.88. The van der Waals surface area contributed by atoms with Crippen LogP contribution < -0.4 is 5.32 Å². The van der Waals surface area contributed by atoms with E-state index in [4.69, 9.17) is 0 Å². The van der Waals surface area contributed by atoms with Crippen molar-refractivity contribution in [1.29, 1.82) is 0 Å². The molecule has 0 saturated heterocycles. The Hall–Kier alpha value is -2.56. The Labute approximate surface area is 146 Å². The molecule has 5 nitrogen and oxygen atoms in total. The predicted molar refractivity (Wildman–Crippen MR) is 96.9 cm³/mol. The van der Waals surface area contributed by atoms with Gasteiger partial charge in [0.05, 0.1) is 11.4 Å². The molecule has 3 atom stereocenters. The molecule has 0 radical (unpaired) electrons. The molecule has 3 aromatic heterocycles. The van der Waals surface area contributed by atoms with Gasteiger partial charge in [-0.2, -0.15) is 0 Å². The molecule has 0 spiro atoms. The van der Waals surface area contributed by atoms with Crippen molar-refractivity contribution in [3.05, 3.63) is 42.7 Å². The fourth-order valence-electron chi connectivity index (χ4n) is 4.72. The highest BCUT2D eigenvalue weighted by atomic mass is 16.2. The maximum absolute atomic E-state index is 12.5. The van der Waals surface area contributed by atoms with Gasteiger partial charge >= 0.3 is 0 Å². The van der Waals surface area contributed by atoms with Gasteiger partial charge in [0, 0.05) is 23.8 Å². The minimum atomic E-state index is 0.115. The van der Waals surface area contributed by atoms with Crippen LogP contribution in [0.5, 0.6) is 0 Å². The maximum Gasteiger partial charge on any atom is 0.240 e. The van der Waals surface area contributed by atoms with Crippen molar-refractivity contribution in [3.63, 3.8) is 0 Å². The number of amides is 1. The number of hydrogen-bond acceptors (Lipinski definition) is 2. The Morgan fingerprint density at radius 2 is 2.24 bits per heavy atom. The minimum absolute atomic E-state index is 0.115. The number of carbonyl (C=O) groups is 1. The fourth-order valence-corrected chi connectivity index (χ4v) is 4.72. The first-order chi connectivity index (χ1) is 12.3. The molecule has 2 N–H and O–H groups in total. The van der Waals surface area contributed by atoms with Crippen molar-refractivity contribution in [3.8, 4) is 11.4 Å². The Morgan fingerprint density at radius 1 is 1.28 bits per heavy atom. The number of hydrogen-bond donors (Lipinski definition) is 2. The molecule has 2 fully saturated rings. The molecule has 5 rings (SSSR count). The van der Waals surface area contributed by atoms with E-state index >= 15 is 0 Å². The molecule has 0 aromatic carbocycles. The zero-order valence-electron chi connectivity index (χ0n) is 14.1. The van der Waals surface area contributed by atoms with Gasteiger partial charge in [0.25, 0.3) is 0 Å². The second-order valence-corrected chi connectivity index (χ2v) is 7.49. The molecule has 5 heteroatoms. The van der Waals surface area contributed by atoms with Crippen LogP contribution in [0.2, 0.25) is 0 Å². The number of pyridine rings is 1. The number of nitrogens with zero attached hydrogens (tertiary/aromatic N) is 2. The van der Waals surface area contributed by atoms with Crippen molar-refractivity contribution in [2.75, 3.05) is 0 Å². The van der Waals surface area contributed by atoms with E-state index in [1.807, 2.05) is 35.0 Å². The van der Waals surface area contributed by atoms with Crippen LogP contribution in [0.25, 0.3) is 22.4 Å². The summed E-state index contributed by atoms with van der Waals surface area (Å²) in [6.07, 6.45) is 8.86. The highest BCUT2D eigenvalue weighted by Gasteiger charge is 2.40. The summed E-state index contributed by atoms with van der Waals surface area (Å²) in [5.74, 6) is 1.67. The lowest BCUT2D eigenvalue weighted by atomic mass is 9.95. The maximum atomic E-state index is 12.5. The highest BCUT2D eigenvalue weighted by molar-refractivity contribution is 5.83. The summed E-state index contributed by atoms with van der Waals surface area (Å²) in [7, 11) is 0. The average Bonchev–Trinajstić information content (AvgIpc) is 3.37. The van der Waals surface area contributed by atoms with Gasteiger partial charge in [-0.25, -0.2) is 4.98 Å². The molecule has 2 aliphatic rings. The minimum Gasteiger partial charge on any atom is -0.352 e. The second kappa shape index (κ2) is 5.76. The second-order valence-electron chi connectivity index (χ2n) is 7.49. The number of H-pyrrole nitrogens is 1. The number of fused-ring (bicyclic) bond motifs is 3. The first-order valence-corrected chi connectivity index (χ1v) is 9.15. The highest BCUT2D eigenvalue weighted by Crippen LogP contribution is 2.44. The molecule has 128 valence electrons. The van der Waals surface area contributed by atoms with E-state index < -0.39 is 0 Å². The van der Waals surface area contributed by atoms with E-state index in [2.05, 4.69) is 21.4 Å². The Bertz CT molecular complexity index is 892. The van der Waals surface area contributed by atoms with Gasteiger partial charge < -0.3 is 14.9 Å². The number of nitrogens with one attached hydrogen (secondary N) is 2. The summed E-state index contributed by atoms with van der Waals surface area (Å²) >= 11 is 0. The SMILES string of the molecule is O=C(Cn1cccc1-c1cc2cccnc2[nH]1)NC1CC2CCC1C2. The average molecular weight is 334 g/mol. The van der Waals surface area contributed by atoms with E-state index in [9.17, 15) is 4.79 Å². The van der Waals surface area contributed by atoms with Crippen LogP contribution in [0.3, 0.4) is 0 Å². The normalized spacial score (nSPS) is 24.9. The summed E-state index contributed by atoms with van der Waals surface area (Å²) in [6.45, 7) is 0.360. The summed E-state index contributed by atoms with van der Waals surface area (Å²) < 4.78 is 2.01. The molecule has 3 aromatic rings. The Kier molecular flexibility index (Phi) is 3.40. The summed E-state index contributed by atoms with van der Waals surface area (Å²) in [4.78, 5) is 20.2. The van der Waals surface area contributed by atoms with Gasteiger partial charge in [-0.1, -0.05) is 6.42 Å². The largest absolute Gasteiger partial charge is 0.352 e. The monoisotopic (exact) mass is 334 g/mol. The number of carbonyl (C=O) groups excluding carboxylic acids is 1. The lowest BCUT2D eigenvalue weighted by Gasteiger charge is -2.23. The third kappa shape index (κ3) is 2.64. The van der Waals surface area contributed by atoms with Crippen LogP contribution in [0.1, 0.15) is 25.7 Å². The van der Waals surface area contributed by atoms with Crippen molar-refractivity contribution < 1.29 is 4.79 Å². The van der Waals surface area contributed by atoms with Gasteiger partial charge in [-0.3, -0.25) is 4.79 Å². The summed E-state index contributed by atoms with van der Waals surface area (Å²) in [5, 5.41) is 4.35. The van der Waals surface area contributed by atoms with Gasteiger partial charge in [0.15, 0.2) is 0 Å². The Morgan fingerprint density at radius 3 is 3.04 bits per heavy atom. The molecule has 25 heavy (non-hydrogen) atoms. The standard InChI is InChI=1S/C20H22N4O/c25-19(22-16-10-13-5-6-14(16)9-13)12-24-8-2-4-18(24)17-11-15-3-1-7-21-20(15)23-17/h1-4,7-8,11,13-14,16H,5-6,9-10,12H2,(H,21,23)(H,22,25). The van der Waals surface area contributed by atoms with Gasteiger partial charge in [-0.15, -0.1) is 0 Å². The lowest BCUT2D eigenvalue weighted by molar-refractivity contribution is -0.122. The van der Waals surface area contributed by atoms with Crippen molar-refractivity contribution >= 4 is 16.9 Å². The van der Waals surface area contributed by atoms with Gasteiger partial charge in [0.2, 0.25) is 5.91 Å². The number of aromatic amines is 1. The lowest BCUT2D eigenvalue weighted by Crippen LogP contribution is -2.40. The van der Waals surface area contributed by atoms with Crippen molar-refractivity contribution in [1.82, 2.24) is 19.9 Å². The summed E-state index contributed by atoms with van der Waals surface area (Å²) in [6, 6.07) is 10.5. The fraction of sp³-hybridized carbons (Fsp3) is 0.400. The van der Waals surface area contributed by atoms with Crippen LogP contribution in [0, 0.1) is 11.8 Å². The number of aromatic nitrogens is 3. The molecule has 0 aliphatic heterocycles. The van der Waals surface area contributed by atoms with Crippen molar-refractivity contribution in [2.45, 2.75) is 38.3 Å². The quantitative estimate of drug-likeness (QED) is 0.769. The molecule has 3 unspecified atom stereocenters. The molecule has 1 amide bonds. The topological polar surface area (TPSA) is 62.7 Å². The van der Waals surface area contributed by atoms with Crippen LogP contribution in [0.4, 0.5) is 0 Å². The van der Waals surface area contributed by atoms with Gasteiger partial charge in [0.1, 0.15) is 12.2 Å². The number of rotatable bonds is 4. The predicted octanol–water partition coefficient (Wildman–Crippen LogP) is 3.34. The van der Waals surface area contributed by atoms with E-state index in [0.717, 1.165) is 28.3 Å². The molecule has 2 saturated carbocycles. The van der Waals surface area contributed by atoms with Crippen molar-refractivity contribution in [2.24, 2.45) is 11.8 Å². The third-order valence-electron chi connectivity index (χ3n) is 5.90. The molecule has 2 aliphatic carbocycles. The third-order valence-corrected chi connectivity index (χ3v) is 5.90. The van der Waals surface area contributed by atoms with E-state index in [1.54, 1.807) is 6.20 Å². The van der Waals surface area contributed by atoms with Crippen LogP contribution in [-0.2, 0) is 11.3 Å². The van der Waals surface area contributed by atoms with Crippen LogP contribution >= 0.6 is 0 Å². The first kappa shape index (κ1) is 14.8. The van der Waals surface area contributed by atoms with Gasteiger partial charge in [-0.05, 0) is 61.4 Å². The van der Waals surface area contributed by atoms with Crippen LogP contribution in [0.15, 0.2) is 42.7 Å². The molecular weight excluding hydrogens is 312 g/mol. The van der Waals surface area contributed by atoms with Crippen LogP contribution in [-0.4, -0.2) is 26.5 Å².